The zero-order valence-electron chi connectivity index (χ0n) is 30.4. The Bertz CT molecular complexity index is 3530. The number of rotatable bonds is 5. The van der Waals surface area contributed by atoms with Crippen LogP contribution in [-0.2, 0) is 0 Å². The quantitative estimate of drug-likeness (QED) is 0.176. The molecule has 0 unspecified atom stereocenters. The fourth-order valence-electron chi connectivity index (χ4n) is 8.33. The van der Waals surface area contributed by atoms with Crippen molar-refractivity contribution in [3.8, 4) is 51.0 Å². The molecule has 4 aromatic heterocycles. The zero-order valence-corrected chi connectivity index (χ0v) is 30.4. The maximum absolute atomic E-state index is 6.68. The van der Waals surface area contributed by atoms with Gasteiger partial charge in [-0.3, -0.25) is 0 Å². The molecule has 12 rings (SSSR count). The average Bonchev–Trinajstić information content (AvgIpc) is 3.94. The van der Waals surface area contributed by atoms with Crippen molar-refractivity contribution in [2.75, 3.05) is 0 Å². The summed E-state index contributed by atoms with van der Waals surface area (Å²) in [6.07, 6.45) is 0. The maximum atomic E-state index is 6.68. The molecule has 6 nitrogen and oxygen atoms in total. The zero-order chi connectivity index (χ0) is 37.5. The van der Waals surface area contributed by atoms with Gasteiger partial charge >= 0.3 is 0 Å². The molecule has 0 fully saturated rings. The summed E-state index contributed by atoms with van der Waals surface area (Å²) in [4.78, 5) is 15.3. The van der Waals surface area contributed by atoms with Gasteiger partial charge in [0.25, 0.3) is 0 Å². The van der Waals surface area contributed by atoms with Crippen LogP contribution in [0.2, 0.25) is 0 Å². The van der Waals surface area contributed by atoms with E-state index in [4.69, 9.17) is 23.8 Å². The molecule has 57 heavy (non-hydrogen) atoms. The monoisotopic (exact) mass is 730 g/mol. The highest BCUT2D eigenvalue weighted by Crippen LogP contribution is 2.40. The minimum absolute atomic E-state index is 0.554. The normalized spacial score (nSPS) is 11.9. The third kappa shape index (κ3) is 5.08. The summed E-state index contributed by atoms with van der Waals surface area (Å²) in [5.41, 5.74) is 11.4. The average molecular weight is 731 g/mol. The lowest BCUT2D eigenvalue weighted by molar-refractivity contribution is 0.669. The molecule has 0 saturated heterocycles. The highest BCUT2D eigenvalue weighted by atomic mass is 16.3. The van der Waals surface area contributed by atoms with Gasteiger partial charge in [0.15, 0.2) is 17.5 Å². The van der Waals surface area contributed by atoms with Crippen molar-refractivity contribution in [3.05, 3.63) is 182 Å². The van der Waals surface area contributed by atoms with Gasteiger partial charge in [0.1, 0.15) is 22.3 Å². The number of fused-ring (bicyclic) bond motifs is 9. The van der Waals surface area contributed by atoms with E-state index in [0.717, 1.165) is 88.4 Å². The van der Waals surface area contributed by atoms with Gasteiger partial charge < -0.3 is 13.4 Å². The van der Waals surface area contributed by atoms with E-state index in [-0.39, 0.29) is 0 Å². The van der Waals surface area contributed by atoms with Crippen molar-refractivity contribution in [2.24, 2.45) is 0 Å². The molecule has 0 aliphatic rings. The molecular formula is C51H30N4O2. The highest BCUT2D eigenvalue weighted by Gasteiger charge is 2.19. The number of nitrogens with zero attached hydrogens (tertiary/aromatic N) is 4. The van der Waals surface area contributed by atoms with Gasteiger partial charge in [0.2, 0.25) is 0 Å². The summed E-state index contributed by atoms with van der Waals surface area (Å²) < 4.78 is 15.3. The van der Waals surface area contributed by atoms with Crippen LogP contribution >= 0.6 is 0 Å². The summed E-state index contributed by atoms with van der Waals surface area (Å²) in [6, 6.07) is 62.7. The second-order valence-corrected chi connectivity index (χ2v) is 14.4. The molecule has 0 bridgehead atoms. The van der Waals surface area contributed by atoms with Gasteiger partial charge in [-0.2, -0.15) is 0 Å². The van der Waals surface area contributed by atoms with E-state index >= 15 is 0 Å². The Morgan fingerprint density at radius 2 is 0.825 bits per heavy atom. The van der Waals surface area contributed by atoms with E-state index in [1.165, 1.54) is 10.8 Å². The molecule has 4 heterocycles. The van der Waals surface area contributed by atoms with Crippen LogP contribution < -0.4 is 0 Å². The smallest absolute Gasteiger partial charge is 0.164 e. The Balaban J connectivity index is 1.03. The molecule has 0 spiro atoms. The number of benzene rings is 8. The van der Waals surface area contributed by atoms with Crippen LogP contribution in [0.15, 0.2) is 191 Å². The second-order valence-electron chi connectivity index (χ2n) is 14.4. The Morgan fingerprint density at radius 1 is 0.298 bits per heavy atom. The Kier molecular flexibility index (Phi) is 6.83. The number of aromatic nitrogens is 4. The number of para-hydroxylation sites is 3. The van der Waals surface area contributed by atoms with E-state index in [1.54, 1.807) is 0 Å². The standard InChI is InChI=1S/C51H30N4O2/c1-3-12-31(13-4-1)32-14-11-15-33(26-32)49-52-50(34-22-24-39-38-19-8-10-21-45(38)56-46(39)27-34)54-51(53-49)35-23-25-40-42-29-41-37-18-7-9-20-43(37)55(36-16-5-2-6-17-36)44(41)30-48(42)57-47(40)28-35/h1-30H. The van der Waals surface area contributed by atoms with Crippen LogP contribution in [0.5, 0.6) is 0 Å². The Labute approximate surface area is 325 Å². The van der Waals surface area contributed by atoms with Crippen molar-refractivity contribution in [2.45, 2.75) is 0 Å². The molecule has 0 amide bonds. The Morgan fingerprint density at radius 3 is 1.56 bits per heavy atom. The van der Waals surface area contributed by atoms with Crippen molar-refractivity contribution in [1.29, 1.82) is 0 Å². The minimum atomic E-state index is 0.554. The van der Waals surface area contributed by atoms with Gasteiger partial charge in [0, 0.05) is 60.8 Å². The summed E-state index contributed by atoms with van der Waals surface area (Å²) in [5.74, 6) is 1.69. The molecule has 0 aliphatic carbocycles. The SMILES string of the molecule is c1ccc(-c2cccc(-c3nc(-c4ccc5c(c4)oc4ccccc45)nc(-c4ccc5c(c4)oc4cc6c(cc45)c4ccccc4n6-c4ccccc4)n3)c2)cc1. The first-order chi connectivity index (χ1) is 28.2. The lowest BCUT2D eigenvalue weighted by Crippen LogP contribution is -2.00. The topological polar surface area (TPSA) is 69.9 Å². The molecule has 0 N–H and O–H groups in total. The van der Waals surface area contributed by atoms with Crippen LogP contribution in [0.1, 0.15) is 0 Å². The van der Waals surface area contributed by atoms with Crippen LogP contribution in [-0.4, -0.2) is 19.5 Å². The van der Waals surface area contributed by atoms with E-state index in [9.17, 15) is 0 Å². The number of furan rings is 2. The largest absolute Gasteiger partial charge is 0.456 e. The first-order valence-electron chi connectivity index (χ1n) is 19.0. The van der Waals surface area contributed by atoms with Gasteiger partial charge in [-0.15, -0.1) is 0 Å². The van der Waals surface area contributed by atoms with Crippen LogP contribution in [0.3, 0.4) is 0 Å². The lowest BCUT2D eigenvalue weighted by atomic mass is 10.0. The fourth-order valence-corrected chi connectivity index (χ4v) is 8.33. The fraction of sp³-hybridized carbons (Fsp3) is 0. The third-order valence-corrected chi connectivity index (χ3v) is 11.0. The number of hydrogen-bond donors (Lipinski definition) is 0. The van der Waals surface area contributed by atoms with Gasteiger partial charge in [-0.25, -0.2) is 15.0 Å². The van der Waals surface area contributed by atoms with Crippen LogP contribution in [0.4, 0.5) is 0 Å². The summed E-state index contributed by atoms with van der Waals surface area (Å²) in [6.45, 7) is 0. The first-order valence-corrected chi connectivity index (χ1v) is 19.0. The molecule has 0 aliphatic heterocycles. The van der Waals surface area contributed by atoms with Crippen molar-refractivity contribution in [3.63, 3.8) is 0 Å². The van der Waals surface area contributed by atoms with Crippen LogP contribution in [0.25, 0.3) is 117 Å². The molecule has 0 saturated carbocycles. The van der Waals surface area contributed by atoms with Gasteiger partial charge in [0.05, 0.1) is 11.0 Å². The lowest BCUT2D eigenvalue weighted by Gasteiger charge is -2.10. The predicted octanol–water partition coefficient (Wildman–Crippen LogP) is 13.4. The molecule has 266 valence electrons. The van der Waals surface area contributed by atoms with Crippen molar-refractivity contribution >= 4 is 65.7 Å². The molecule has 6 heteroatoms. The van der Waals surface area contributed by atoms with Crippen molar-refractivity contribution < 1.29 is 8.83 Å². The summed E-state index contributed by atoms with van der Waals surface area (Å²) >= 11 is 0. The molecular weight excluding hydrogens is 701 g/mol. The highest BCUT2D eigenvalue weighted by molar-refractivity contribution is 6.17. The molecule has 0 radical (unpaired) electrons. The van der Waals surface area contributed by atoms with Crippen molar-refractivity contribution in [1.82, 2.24) is 19.5 Å². The summed E-state index contributed by atoms with van der Waals surface area (Å²) in [7, 11) is 0. The van der Waals surface area contributed by atoms with Gasteiger partial charge in [-0.1, -0.05) is 115 Å². The molecule has 12 aromatic rings. The summed E-state index contributed by atoms with van der Waals surface area (Å²) in [5, 5.41) is 6.61. The van der Waals surface area contributed by atoms with E-state index < -0.39 is 0 Å². The third-order valence-electron chi connectivity index (χ3n) is 11.0. The van der Waals surface area contributed by atoms with Crippen LogP contribution in [0, 0.1) is 0 Å². The molecule has 8 aromatic carbocycles. The van der Waals surface area contributed by atoms with E-state index in [0.29, 0.717) is 17.5 Å². The first kappa shape index (κ1) is 31.5. The van der Waals surface area contributed by atoms with E-state index in [1.807, 2.05) is 36.4 Å². The number of hydrogen-bond acceptors (Lipinski definition) is 5. The van der Waals surface area contributed by atoms with E-state index in [2.05, 4.69) is 150 Å². The predicted molar refractivity (Wildman–Crippen MR) is 230 cm³/mol. The molecule has 0 atom stereocenters. The van der Waals surface area contributed by atoms with Gasteiger partial charge in [-0.05, 0) is 71.8 Å². The maximum Gasteiger partial charge on any atom is 0.164 e. The second kappa shape index (κ2) is 12.3. The minimum Gasteiger partial charge on any atom is -0.456 e. The Hall–Kier alpha value is -7.83.